The molecule has 1 atom stereocenters. The average molecular weight is 287 g/mol. The number of benzene rings is 1. The Morgan fingerprint density at radius 2 is 2.05 bits per heavy atom. The Kier molecular flexibility index (Phi) is 5.09. The second-order valence-electron chi connectivity index (χ2n) is 4.63. The molecule has 1 unspecified atom stereocenters. The van der Waals surface area contributed by atoms with Crippen molar-refractivity contribution < 1.29 is 18.5 Å². The molecule has 0 heterocycles. The minimum absolute atomic E-state index is 0.0120. The molecule has 0 radical (unpaired) electrons. The van der Waals surface area contributed by atoms with Gasteiger partial charge in [-0.3, -0.25) is 14.9 Å². The van der Waals surface area contributed by atoms with Crippen LogP contribution in [0.2, 0.25) is 0 Å². The number of nitrogens with two attached hydrogens (primary N) is 1. The topological polar surface area (TPSA) is 98.3 Å². The molecule has 0 spiro atoms. The fraction of sp³-hybridized carbons (Fsp3) is 0.417. The lowest BCUT2D eigenvalue weighted by molar-refractivity contribution is -0.387. The molecule has 110 valence electrons. The number of hydrogen-bond donors (Lipinski definition) is 2. The van der Waals surface area contributed by atoms with Gasteiger partial charge in [0.1, 0.15) is 11.4 Å². The third kappa shape index (κ3) is 3.47. The number of hydrogen-bond acceptors (Lipinski definition) is 4. The normalized spacial score (nSPS) is 12.3. The third-order valence-electron chi connectivity index (χ3n) is 2.85. The Labute approximate surface area is 114 Å². The summed E-state index contributed by atoms with van der Waals surface area (Å²) in [4.78, 5) is 21.3. The van der Waals surface area contributed by atoms with Crippen molar-refractivity contribution in [2.45, 2.75) is 19.9 Å². The number of carbonyl (C=O) groups is 1. The summed E-state index contributed by atoms with van der Waals surface area (Å²) >= 11 is 0. The standard InChI is InChI=1S/C12H15F2N3O3/c1-6(2)8(15)5-16-12(18)10-7(13)3-4-9(11(10)14)17(19)20/h3-4,6,8H,5,15H2,1-2H3,(H,16,18). The maximum atomic E-state index is 13.7. The Bertz CT molecular complexity index is 535. The molecule has 0 fully saturated rings. The van der Waals surface area contributed by atoms with Gasteiger partial charge in [-0.05, 0) is 12.0 Å². The SMILES string of the molecule is CC(C)C(N)CNC(=O)c1c(F)ccc([N+](=O)[O-])c1F. The predicted molar refractivity (Wildman–Crippen MR) is 68.2 cm³/mol. The molecule has 1 rings (SSSR count). The summed E-state index contributed by atoms with van der Waals surface area (Å²) in [5.74, 6) is -3.66. The highest BCUT2D eigenvalue weighted by Crippen LogP contribution is 2.22. The van der Waals surface area contributed by atoms with Crippen molar-refractivity contribution in [3.8, 4) is 0 Å². The van der Waals surface area contributed by atoms with E-state index in [-0.39, 0.29) is 18.5 Å². The first-order chi connectivity index (χ1) is 9.25. The van der Waals surface area contributed by atoms with Gasteiger partial charge in [0.15, 0.2) is 0 Å². The molecule has 1 aromatic carbocycles. The van der Waals surface area contributed by atoms with Crippen molar-refractivity contribution in [2.24, 2.45) is 11.7 Å². The summed E-state index contributed by atoms with van der Waals surface area (Å²) in [6.45, 7) is 3.66. The molecule has 0 aromatic heterocycles. The molecule has 1 aromatic rings. The lowest BCUT2D eigenvalue weighted by atomic mass is 10.1. The zero-order chi connectivity index (χ0) is 15.4. The number of nitrogens with one attached hydrogen (secondary N) is 1. The summed E-state index contributed by atoms with van der Waals surface area (Å²) in [7, 11) is 0. The Balaban J connectivity index is 2.98. The van der Waals surface area contributed by atoms with Crippen molar-refractivity contribution in [1.82, 2.24) is 5.32 Å². The molecule has 6 nitrogen and oxygen atoms in total. The van der Waals surface area contributed by atoms with Gasteiger partial charge in [-0.15, -0.1) is 0 Å². The van der Waals surface area contributed by atoms with Crippen LogP contribution in [0.3, 0.4) is 0 Å². The molecule has 0 bridgehead atoms. The molecular weight excluding hydrogens is 272 g/mol. The molecule has 0 saturated heterocycles. The zero-order valence-electron chi connectivity index (χ0n) is 11.0. The van der Waals surface area contributed by atoms with Crippen LogP contribution in [0.5, 0.6) is 0 Å². The van der Waals surface area contributed by atoms with Crippen LogP contribution in [0.15, 0.2) is 12.1 Å². The maximum absolute atomic E-state index is 13.7. The molecule has 0 aliphatic rings. The van der Waals surface area contributed by atoms with E-state index in [1.807, 2.05) is 13.8 Å². The molecule has 0 aliphatic heterocycles. The van der Waals surface area contributed by atoms with Gasteiger partial charge >= 0.3 is 5.69 Å². The Morgan fingerprint density at radius 1 is 1.45 bits per heavy atom. The number of carbonyl (C=O) groups excluding carboxylic acids is 1. The van der Waals surface area contributed by atoms with Crippen molar-refractivity contribution in [2.75, 3.05) is 6.54 Å². The van der Waals surface area contributed by atoms with E-state index >= 15 is 0 Å². The van der Waals surface area contributed by atoms with E-state index in [0.717, 1.165) is 0 Å². The lowest BCUT2D eigenvalue weighted by Gasteiger charge is -2.16. The first-order valence-corrected chi connectivity index (χ1v) is 5.91. The fourth-order valence-corrected chi connectivity index (χ4v) is 1.43. The molecule has 1 amide bonds. The quantitative estimate of drug-likeness (QED) is 0.634. The van der Waals surface area contributed by atoms with Crippen molar-refractivity contribution in [3.05, 3.63) is 39.4 Å². The van der Waals surface area contributed by atoms with Crippen LogP contribution >= 0.6 is 0 Å². The number of nitrogens with zero attached hydrogens (tertiary/aromatic N) is 1. The lowest BCUT2D eigenvalue weighted by Crippen LogP contribution is -2.40. The summed E-state index contributed by atoms with van der Waals surface area (Å²) in [5, 5.41) is 12.8. The van der Waals surface area contributed by atoms with E-state index in [1.165, 1.54) is 0 Å². The molecule has 3 N–H and O–H groups in total. The van der Waals surface area contributed by atoms with E-state index in [1.54, 1.807) is 0 Å². The van der Waals surface area contributed by atoms with Gasteiger partial charge in [0.25, 0.3) is 5.91 Å². The van der Waals surface area contributed by atoms with Crippen LogP contribution in [0, 0.1) is 27.7 Å². The van der Waals surface area contributed by atoms with Gasteiger partial charge < -0.3 is 11.1 Å². The maximum Gasteiger partial charge on any atom is 0.305 e. The van der Waals surface area contributed by atoms with Crippen LogP contribution in [-0.2, 0) is 0 Å². The highest BCUT2D eigenvalue weighted by atomic mass is 19.1. The van der Waals surface area contributed by atoms with Crippen molar-refractivity contribution in [1.29, 1.82) is 0 Å². The van der Waals surface area contributed by atoms with Gasteiger partial charge in [-0.2, -0.15) is 4.39 Å². The first kappa shape index (κ1) is 16.0. The van der Waals surface area contributed by atoms with E-state index in [0.29, 0.717) is 12.1 Å². The van der Waals surface area contributed by atoms with E-state index in [4.69, 9.17) is 5.73 Å². The smallest absolute Gasteiger partial charge is 0.305 e. The average Bonchev–Trinajstić information content (AvgIpc) is 2.35. The Morgan fingerprint density at radius 3 is 2.55 bits per heavy atom. The summed E-state index contributed by atoms with van der Waals surface area (Å²) < 4.78 is 27.2. The van der Waals surface area contributed by atoms with Gasteiger partial charge in [0.05, 0.1) is 4.92 Å². The van der Waals surface area contributed by atoms with Crippen LogP contribution in [0.4, 0.5) is 14.5 Å². The summed E-state index contributed by atoms with van der Waals surface area (Å²) in [6.07, 6.45) is 0. The number of nitro groups is 1. The molecule has 20 heavy (non-hydrogen) atoms. The zero-order valence-corrected chi connectivity index (χ0v) is 11.0. The van der Waals surface area contributed by atoms with Gasteiger partial charge in [-0.1, -0.05) is 13.8 Å². The molecular formula is C12H15F2N3O3. The van der Waals surface area contributed by atoms with Gasteiger partial charge in [0, 0.05) is 18.7 Å². The van der Waals surface area contributed by atoms with Crippen LogP contribution in [0.1, 0.15) is 24.2 Å². The van der Waals surface area contributed by atoms with E-state index < -0.39 is 33.7 Å². The van der Waals surface area contributed by atoms with Crippen molar-refractivity contribution >= 4 is 11.6 Å². The second-order valence-corrected chi connectivity index (χ2v) is 4.63. The summed E-state index contributed by atoms with van der Waals surface area (Å²) in [5.41, 5.74) is 3.76. The van der Waals surface area contributed by atoms with Gasteiger partial charge in [-0.25, -0.2) is 4.39 Å². The molecule has 8 heteroatoms. The minimum atomic E-state index is -1.49. The molecule has 0 saturated carbocycles. The highest BCUT2D eigenvalue weighted by molar-refractivity contribution is 5.95. The number of amides is 1. The van der Waals surface area contributed by atoms with E-state index in [2.05, 4.69) is 5.32 Å². The Hall–Kier alpha value is -2.09. The fourth-order valence-electron chi connectivity index (χ4n) is 1.43. The van der Waals surface area contributed by atoms with Crippen LogP contribution in [0.25, 0.3) is 0 Å². The molecule has 0 aliphatic carbocycles. The largest absolute Gasteiger partial charge is 0.350 e. The van der Waals surface area contributed by atoms with Crippen molar-refractivity contribution in [3.63, 3.8) is 0 Å². The third-order valence-corrected chi connectivity index (χ3v) is 2.85. The van der Waals surface area contributed by atoms with Crippen LogP contribution in [-0.4, -0.2) is 23.4 Å². The number of rotatable bonds is 5. The van der Waals surface area contributed by atoms with Crippen LogP contribution < -0.4 is 11.1 Å². The van der Waals surface area contributed by atoms with Gasteiger partial charge in [0.2, 0.25) is 5.82 Å². The monoisotopic (exact) mass is 287 g/mol. The summed E-state index contributed by atoms with van der Waals surface area (Å²) in [6, 6.07) is 0.962. The first-order valence-electron chi connectivity index (χ1n) is 5.91. The minimum Gasteiger partial charge on any atom is -0.350 e. The number of halogens is 2. The predicted octanol–water partition coefficient (Wildman–Crippen LogP) is 1.59. The second kappa shape index (κ2) is 6.38. The highest BCUT2D eigenvalue weighted by Gasteiger charge is 2.26. The van der Waals surface area contributed by atoms with E-state index in [9.17, 15) is 23.7 Å². The number of nitro benzene ring substituents is 1.